The summed E-state index contributed by atoms with van der Waals surface area (Å²) in [5, 5.41) is 10.9. The number of hydrogen-bond acceptors (Lipinski definition) is 7. The van der Waals surface area contributed by atoms with Crippen molar-refractivity contribution in [2.75, 3.05) is 50.7 Å². The summed E-state index contributed by atoms with van der Waals surface area (Å²) >= 11 is 0. The highest BCUT2D eigenvalue weighted by Gasteiger charge is 2.24. The number of aromatic nitrogens is 1. The molecule has 0 unspecified atom stereocenters. The molecule has 0 radical (unpaired) electrons. The van der Waals surface area contributed by atoms with Crippen LogP contribution in [0.3, 0.4) is 0 Å². The molecule has 172 valence electrons. The zero-order chi connectivity index (χ0) is 22.4. The van der Waals surface area contributed by atoms with E-state index in [2.05, 4.69) is 20.2 Å². The Morgan fingerprint density at radius 2 is 1.81 bits per heavy atom. The molecule has 0 atom stereocenters. The quantitative estimate of drug-likeness (QED) is 0.706. The number of piperidine rings is 1. The molecule has 31 heavy (non-hydrogen) atoms. The van der Waals surface area contributed by atoms with Crippen LogP contribution in [0.5, 0.6) is 0 Å². The summed E-state index contributed by atoms with van der Waals surface area (Å²) in [6, 6.07) is 3.40. The highest BCUT2D eigenvalue weighted by atomic mass is 16.6. The second kappa shape index (κ2) is 10.3. The van der Waals surface area contributed by atoms with Gasteiger partial charge in [-0.25, -0.2) is 19.6 Å². The Morgan fingerprint density at radius 1 is 1.13 bits per heavy atom. The number of ether oxygens (including phenoxy) is 1. The molecule has 3 rings (SSSR count). The number of anilines is 1. The molecule has 2 N–H and O–H groups in total. The minimum Gasteiger partial charge on any atom is -0.477 e. The number of hydrazine groups is 1. The number of carboxylic acids is 1. The summed E-state index contributed by atoms with van der Waals surface area (Å²) in [5.74, 6) is -0.315. The second-order valence-corrected chi connectivity index (χ2v) is 9.37. The van der Waals surface area contributed by atoms with E-state index >= 15 is 0 Å². The van der Waals surface area contributed by atoms with Gasteiger partial charge in [-0.1, -0.05) is 0 Å². The van der Waals surface area contributed by atoms with Crippen molar-refractivity contribution in [3.05, 3.63) is 24.0 Å². The minimum atomic E-state index is -0.997. The van der Waals surface area contributed by atoms with Crippen molar-refractivity contribution in [2.45, 2.75) is 45.6 Å². The summed E-state index contributed by atoms with van der Waals surface area (Å²) in [6.45, 7) is 12.3. The monoisotopic (exact) mass is 433 g/mol. The fourth-order valence-corrected chi connectivity index (χ4v) is 4.06. The molecule has 0 bridgehead atoms. The Hall–Kier alpha value is -2.39. The summed E-state index contributed by atoms with van der Waals surface area (Å²) in [4.78, 5) is 31.6. The maximum absolute atomic E-state index is 11.9. The van der Waals surface area contributed by atoms with Crippen LogP contribution in [-0.2, 0) is 4.74 Å². The third kappa shape index (κ3) is 7.36. The molecular formula is C22H35N5O4. The number of hydrogen-bond donors (Lipinski definition) is 2. The molecule has 0 aliphatic carbocycles. The fraction of sp³-hybridized carbons (Fsp3) is 0.682. The van der Waals surface area contributed by atoms with Gasteiger partial charge in [0.05, 0.1) is 11.9 Å². The molecular weight excluding hydrogens is 398 g/mol. The van der Waals surface area contributed by atoms with E-state index in [1.54, 1.807) is 12.3 Å². The van der Waals surface area contributed by atoms with E-state index in [0.717, 1.165) is 64.3 Å². The van der Waals surface area contributed by atoms with Crippen molar-refractivity contribution in [2.24, 2.45) is 5.92 Å². The van der Waals surface area contributed by atoms with Crippen LogP contribution in [0.15, 0.2) is 18.3 Å². The van der Waals surface area contributed by atoms with Crippen LogP contribution in [0.25, 0.3) is 0 Å². The zero-order valence-electron chi connectivity index (χ0n) is 18.8. The topological polar surface area (TPSA) is 98.2 Å². The Morgan fingerprint density at radius 3 is 2.35 bits per heavy atom. The van der Waals surface area contributed by atoms with Crippen molar-refractivity contribution >= 4 is 17.7 Å². The molecule has 0 aromatic carbocycles. The number of nitrogens with one attached hydrogen (secondary N) is 1. The van der Waals surface area contributed by atoms with E-state index in [1.165, 1.54) is 6.42 Å². The Bertz CT molecular complexity index is 733. The summed E-state index contributed by atoms with van der Waals surface area (Å²) < 4.78 is 5.32. The Kier molecular flexibility index (Phi) is 7.72. The zero-order valence-corrected chi connectivity index (χ0v) is 18.8. The van der Waals surface area contributed by atoms with E-state index < -0.39 is 11.6 Å². The first-order valence-electron chi connectivity index (χ1n) is 11.1. The summed E-state index contributed by atoms with van der Waals surface area (Å²) in [7, 11) is 0. The molecule has 1 aromatic heterocycles. The molecule has 2 fully saturated rings. The van der Waals surface area contributed by atoms with Crippen molar-refractivity contribution < 1.29 is 19.4 Å². The van der Waals surface area contributed by atoms with Gasteiger partial charge in [-0.2, -0.15) is 0 Å². The van der Waals surface area contributed by atoms with Gasteiger partial charge in [-0.3, -0.25) is 10.3 Å². The van der Waals surface area contributed by atoms with Crippen molar-refractivity contribution in [1.29, 1.82) is 0 Å². The van der Waals surface area contributed by atoms with Gasteiger partial charge in [0.15, 0.2) is 0 Å². The first-order valence-corrected chi connectivity index (χ1v) is 11.1. The first-order chi connectivity index (χ1) is 14.7. The van der Waals surface area contributed by atoms with Gasteiger partial charge in [0.1, 0.15) is 11.3 Å². The standard InChI is InChI=1S/C22H35N5O4/c1-22(2,3)31-21(30)24-27-10-7-17(8-11-27)6-9-25-12-14-26(15-13-25)18-4-5-19(20(28)29)23-16-18/h4-5,16-17H,6-15H2,1-3H3,(H,24,30)(H,28,29). The van der Waals surface area contributed by atoms with Crippen LogP contribution < -0.4 is 10.3 Å². The number of aromatic carboxylic acids is 1. The Labute approximate surface area is 184 Å². The summed E-state index contributed by atoms with van der Waals surface area (Å²) in [6.07, 6.45) is 4.61. The predicted molar refractivity (Wildman–Crippen MR) is 118 cm³/mol. The second-order valence-electron chi connectivity index (χ2n) is 9.37. The lowest BCUT2D eigenvalue weighted by molar-refractivity contribution is 0.0257. The van der Waals surface area contributed by atoms with Gasteiger partial charge in [0.2, 0.25) is 0 Å². The van der Waals surface area contributed by atoms with Crippen LogP contribution in [0, 0.1) is 5.92 Å². The largest absolute Gasteiger partial charge is 0.477 e. The lowest BCUT2D eigenvalue weighted by Gasteiger charge is -2.37. The molecule has 2 aliphatic rings. The van der Waals surface area contributed by atoms with Gasteiger partial charge in [0, 0.05) is 39.3 Å². The number of amides is 1. The number of pyridine rings is 1. The van der Waals surface area contributed by atoms with Gasteiger partial charge < -0.3 is 14.7 Å². The third-order valence-corrected chi connectivity index (χ3v) is 5.82. The normalized spacial score (nSPS) is 19.3. The van der Waals surface area contributed by atoms with Gasteiger partial charge in [0.25, 0.3) is 0 Å². The number of carbonyl (C=O) groups excluding carboxylic acids is 1. The van der Waals surface area contributed by atoms with Crippen LogP contribution in [0.2, 0.25) is 0 Å². The lowest BCUT2D eigenvalue weighted by Crippen LogP contribution is -2.49. The van der Waals surface area contributed by atoms with E-state index in [-0.39, 0.29) is 11.8 Å². The molecule has 9 heteroatoms. The highest BCUT2D eigenvalue weighted by molar-refractivity contribution is 5.85. The van der Waals surface area contributed by atoms with Crippen molar-refractivity contribution in [1.82, 2.24) is 20.3 Å². The molecule has 9 nitrogen and oxygen atoms in total. The maximum atomic E-state index is 11.9. The van der Waals surface area contributed by atoms with Crippen LogP contribution in [-0.4, -0.2) is 83.5 Å². The van der Waals surface area contributed by atoms with Crippen molar-refractivity contribution in [3.8, 4) is 0 Å². The van der Waals surface area contributed by atoms with E-state index in [9.17, 15) is 9.59 Å². The average molecular weight is 434 g/mol. The van der Waals surface area contributed by atoms with Crippen LogP contribution >= 0.6 is 0 Å². The number of piperazine rings is 1. The Balaban J connectivity index is 1.32. The summed E-state index contributed by atoms with van der Waals surface area (Å²) in [5.41, 5.74) is 3.43. The minimum absolute atomic E-state index is 0.0785. The molecule has 1 amide bonds. The molecule has 0 spiro atoms. The van der Waals surface area contributed by atoms with Gasteiger partial charge in [-0.05, 0) is 64.6 Å². The highest BCUT2D eigenvalue weighted by Crippen LogP contribution is 2.21. The number of rotatable bonds is 6. The molecule has 3 heterocycles. The molecule has 2 saturated heterocycles. The van der Waals surface area contributed by atoms with Gasteiger partial charge in [-0.15, -0.1) is 0 Å². The van der Waals surface area contributed by atoms with E-state index in [1.807, 2.05) is 31.8 Å². The van der Waals surface area contributed by atoms with Gasteiger partial charge >= 0.3 is 12.1 Å². The third-order valence-electron chi connectivity index (χ3n) is 5.82. The molecule has 1 aromatic rings. The number of nitrogens with zero attached hydrogens (tertiary/aromatic N) is 4. The van der Waals surface area contributed by atoms with Crippen LogP contribution in [0.4, 0.5) is 10.5 Å². The molecule has 0 saturated carbocycles. The maximum Gasteiger partial charge on any atom is 0.422 e. The van der Waals surface area contributed by atoms with Crippen LogP contribution in [0.1, 0.15) is 50.5 Å². The average Bonchev–Trinajstić information content (AvgIpc) is 2.72. The molecule has 2 aliphatic heterocycles. The van der Waals surface area contributed by atoms with E-state index in [4.69, 9.17) is 9.84 Å². The predicted octanol–water partition coefficient (Wildman–Crippen LogP) is 2.44. The lowest BCUT2D eigenvalue weighted by atomic mass is 9.94. The SMILES string of the molecule is CC(C)(C)OC(=O)NN1CCC(CCN2CCN(c3ccc(C(=O)O)nc3)CC2)CC1. The fourth-order valence-electron chi connectivity index (χ4n) is 4.06. The first kappa shape index (κ1) is 23.3. The van der Waals surface area contributed by atoms with E-state index in [0.29, 0.717) is 5.92 Å². The van der Waals surface area contributed by atoms with Crippen molar-refractivity contribution in [3.63, 3.8) is 0 Å². The smallest absolute Gasteiger partial charge is 0.422 e. The number of carbonyl (C=O) groups is 2. The number of carboxylic acid groups (broad SMARTS) is 1.